The summed E-state index contributed by atoms with van der Waals surface area (Å²) in [6.07, 6.45) is 6.02. The van der Waals surface area contributed by atoms with Crippen LogP contribution in [0.4, 0.5) is 0 Å². The number of carbonyl (C=O) groups excluding carboxylic acids is 2. The van der Waals surface area contributed by atoms with Gasteiger partial charge in [-0.05, 0) is 25.0 Å². The van der Waals surface area contributed by atoms with Crippen LogP contribution in [0.25, 0.3) is 0 Å². The highest BCUT2D eigenvalue weighted by atomic mass is 16.2. The molecule has 0 unspecified atom stereocenters. The van der Waals surface area contributed by atoms with Crippen molar-refractivity contribution in [3.63, 3.8) is 0 Å². The molecule has 2 aliphatic rings. The molecule has 6 heteroatoms. The highest BCUT2D eigenvalue weighted by Gasteiger charge is 2.31. The number of carbonyl (C=O) groups is 2. The molecule has 2 amide bonds. The van der Waals surface area contributed by atoms with Crippen molar-refractivity contribution in [2.75, 3.05) is 45.8 Å². The van der Waals surface area contributed by atoms with Crippen molar-refractivity contribution < 1.29 is 9.59 Å². The Morgan fingerprint density at radius 1 is 0.958 bits per heavy atom. The lowest BCUT2D eigenvalue weighted by atomic mass is 9.96. The van der Waals surface area contributed by atoms with Crippen LogP contribution in [0, 0.1) is 5.92 Å². The molecule has 0 aliphatic carbocycles. The molecule has 6 nitrogen and oxygen atoms in total. The van der Waals surface area contributed by atoms with Crippen LogP contribution in [0.2, 0.25) is 0 Å². The summed E-state index contributed by atoms with van der Waals surface area (Å²) in [5.74, 6) is 0.322. The zero-order valence-electron chi connectivity index (χ0n) is 14.6. The number of hydrogen-bond acceptors (Lipinski definition) is 3. The summed E-state index contributed by atoms with van der Waals surface area (Å²) in [5.41, 5.74) is 0. The summed E-state index contributed by atoms with van der Waals surface area (Å²) in [5, 5.41) is 0. The summed E-state index contributed by atoms with van der Waals surface area (Å²) in [6, 6.07) is 4.09. The molecule has 0 saturated carbocycles. The van der Waals surface area contributed by atoms with Gasteiger partial charge in [-0.15, -0.1) is 0 Å². The lowest BCUT2D eigenvalue weighted by Gasteiger charge is -2.38. The highest BCUT2D eigenvalue weighted by molar-refractivity contribution is 5.81. The van der Waals surface area contributed by atoms with Crippen LogP contribution in [0.3, 0.4) is 0 Å². The van der Waals surface area contributed by atoms with Gasteiger partial charge in [0.1, 0.15) is 0 Å². The highest BCUT2D eigenvalue weighted by Crippen LogP contribution is 2.20. The van der Waals surface area contributed by atoms with Gasteiger partial charge in [0.2, 0.25) is 11.8 Å². The maximum atomic E-state index is 12.7. The van der Waals surface area contributed by atoms with Gasteiger partial charge in [0, 0.05) is 71.7 Å². The van der Waals surface area contributed by atoms with Gasteiger partial charge in [0.05, 0.1) is 5.92 Å². The van der Waals surface area contributed by atoms with Gasteiger partial charge in [0.25, 0.3) is 0 Å². The number of piperazine rings is 1. The molecular weight excluding hydrogens is 304 g/mol. The molecule has 3 heterocycles. The van der Waals surface area contributed by atoms with Crippen LogP contribution in [-0.2, 0) is 16.1 Å². The molecule has 2 fully saturated rings. The second-order valence-electron chi connectivity index (χ2n) is 6.89. The smallest absolute Gasteiger partial charge is 0.227 e. The molecule has 132 valence electrons. The van der Waals surface area contributed by atoms with E-state index in [1.165, 1.54) is 0 Å². The molecule has 2 aliphatic heterocycles. The van der Waals surface area contributed by atoms with Gasteiger partial charge in [-0.2, -0.15) is 0 Å². The fourth-order valence-electron chi connectivity index (χ4n) is 3.69. The van der Waals surface area contributed by atoms with E-state index in [1.54, 1.807) is 6.92 Å². The van der Waals surface area contributed by atoms with Crippen molar-refractivity contribution in [3.05, 3.63) is 24.5 Å². The quantitative estimate of drug-likeness (QED) is 0.823. The first kappa shape index (κ1) is 17.0. The molecule has 2 saturated heterocycles. The van der Waals surface area contributed by atoms with E-state index in [-0.39, 0.29) is 17.7 Å². The molecule has 3 rings (SSSR count). The van der Waals surface area contributed by atoms with E-state index < -0.39 is 0 Å². The minimum Gasteiger partial charge on any atom is -0.353 e. The maximum Gasteiger partial charge on any atom is 0.227 e. The Morgan fingerprint density at radius 2 is 1.67 bits per heavy atom. The summed E-state index contributed by atoms with van der Waals surface area (Å²) in [7, 11) is 0. The molecule has 0 aromatic carbocycles. The van der Waals surface area contributed by atoms with Crippen molar-refractivity contribution in [1.29, 1.82) is 0 Å². The van der Waals surface area contributed by atoms with E-state index in [1.807, 2.05) is 21.9 Å². The van der Waals surface area contributed by atoms with E-state index in [0.29, 0.717) is 6.54 Å². The van der Waals surface area contributed by atoms with Crippen LogP contribution in [0.15, 0.2) is 24.5 Å². The SMILES string of the molecule is CC(=O)N1CCC[C@H](C(=O)N2CCN(CCn3cccc3)CC2)C1. The predicted molar refractivity (Wildman–Crippen MR) is 92.4 cm³/mol. The normalized spacial score (nSPS) is 22.6. The van der Waals surface area contributed by atoms with Crippen molar-refractivity contribution in [2.45, 2.75) is 26.3 Å². The third kappa shape index (κ3) is 4.17. The maximum absolute atomic E-state index is 12.7. The summed E-state index contributed by atoms with van der Waals surface area (Å²) < 4.78 is 2.19. The number of aromatic nitrogens is 1. The van der Waals surface area contributed by atoms with Gasteiger partial charge in [-0.25, -0.2) is 0 Å². The zero-order valence-corrected chi connectivity index (χ0v) is 14.6. The van der Waals surface area contributed by atoms with E-state index >= 15 is 0 Å². The Morgan fingerprint density at radius 3 is 2.33 bits per heavy atom. The van der Waals surface area contributed by atoms with Gasteiger partial charge in [0.15, 0.2) is 0 Å². The third-order valence-electron chi connectivity index (χ3n) is 5.24. The van der Waals surface area contributed by atoms with E-state index in [2.05, 4.69) is 21.9 Å². The largest absolute Gasteiger partial charge is 0.353 e. The molecule has 1 aromatic rings. The van der Waals surface area contributed by atoms with Gasteiger partial charge < -0.3 is 14.4 Å². The lowest BCUT2D eigenvalue weighted by Crippen LogP contribution is -2.53. The zero-order chi connectivity index (χ0) is 16.9. The Kier molecular flexibility index (Phi) is 5.56. The fourth-order valence-corrected chi connectivity index (χ4v) is 3.69. The molecule has 0 N–H and O–H groups in total. The Labute approximate surface area is 144 Å². The van der Waals surface area contributed by atoms with Gasteiger partial charge >= 0.3 is 0 Å². The van der Waals surface area contributed by atoms with E-state index in [4.69, 9.17) is 0 Å². The summed E-state index contributed by atoms with van der Waals surface area (Å²) in [4.78, 5) is 30.5. The molecule has 0 radical (unpaired) electrons. The van der Waals surface area contributed by atoms with Crippen LogP contribution in [-0.4, -0.2) is 76.9 Å². The van der Waals surface area contributed by atoms with Gasteiger partial charge in [-0.1, -0.05) is 0 Å². The van der Waals surface area contributed by atoms with Crippen molar-refractivity contribution in [2.24, 2.45) is 5.92 Å². The fraction of sp³-hybridized carbons (Fsp3) is 0.667. The van der Waals surface area contributed by atoms with E-state index in [9.17, 15) is 9.59 Å². The van der Waals surface area contributed by atoms with Crippen LogP contribution < -0.4 is 0 Å². The predicted octanol–water partition coefficient (Wildman–Crippen LogP) is 0.891. The van der Waals surface area contributed by atoms with Crippen molar-refractivity contribution >= 4 is 11.8 Å². The Balaban J connectivity index is 1.44. The average molecular weight is 332 g/mol. The topological polar surface area (TPSA) is 48.8 Å². The van der Waals surface area contributed by atoms with Crippen molar-refractivity contribution in [1.82, 2.24) is 19.3 Å². The summed E-state index contributed by atoms with van der Waals surface area (Å²) >= 11 is 0. The van der Waals surface area contributed by atoms with Crippen LogP contribution in [0.5, 0.6) is 0 Å². The Hall–Kier alpha value is -1.82. The van der Waals surface area contributed by atoms with Crippen LogP contribution in [0.1, 0.15) is 19.8 Å². The van der Waals surface area contributed by atoms with Gasteiger partial charge in [-0.3, -0.25) is 14.5 Å². The van der Waals surface area contributed by atoms with E-state index in [0.717, 1.165) is 58.7 Å². The molecule has 1 aromatic heterocycles. The molecule has 1 atom stereocenters. The number of likely N-dealkylation sites (tertiary alicyclic amines) is 1. The van der Waals surface area contributed by atoms with Crippen molar-refractivity contribution in [3.8, 4) is 0 Å². The lowest BCUT2D eigenvalue weighted by molar-refractivity contribution is -0.141. The first-order chi connectivity index (χ1) is 11.6. The number of piperidine rings is 1. The molecule has 0 spiro atoms. The minimum absolute atomic E-state index is 0.00549. The number of hydrogen-bond donors (Lipinski definition) is 0. The molecule has 24 heavy (non-hydrogen) atoms. The first-order valence-corrected chi connectivity index (χ1v) is 9.01. The first-order valence-electron chi connectivity index (χ1n) is 9.01. The molecule has 0 bridgehead atoms. The second-order valence-corrected chi connectivity index (χ2v) is 6.89. The monoisotopic (exact) mass is 332 g/mol. The standard InChI is InChI=1S/C18H28N4O2/c1-16(23)22-8-4-5-17(15-22)18(24)21-13-11-20(12-14-21)10-9-19-6-2-3-7-19/h2-3,6-7,17H,4-5,8-15H2,1H3/t17-/m0/s1. The van der Waals surface area contributed by atoms with Crippen LogP contribution >= 0.6 is 0 Å². The Bertz CT molecular complexity index is 549. The minimum atomic E-state index is -0.00549. The molecular formula is C18H28N4O2. The number of rotatable bonds is 4. The third-order valence-corrected chi connectivity index (χ3v) is 5.24. The number of nitrogens with zero attached hydrogens (tertiary/aromatic N) is 4. The second kappa shape index (κ2) is 7.83. The number of amides is 2. The average Bonchev–Trinajstić information content (AvgIpc) is 3.13. The summed E-state index contributed by atoms with van der Waals surface area (Å²) in [6.45, 7) is 8.51.